The molecule has 6 nitrogen and oxygen atoms in total. The standard InChI is InChI=1S/C14H19N3O3S2/c1-2-13(18)16-14(21)15-11-5-7-12(8-6-11)22(19,20)17-9-3-4-10-17/h5-8H,2-4,9-10H2,1H3,(H2,15,16,18,21). The molecule has 0 aliphatic carbocycles. The van der Waals surface area contributed by atoms with E-state index in [0.29, 0.717) is 25.2 Å². The van der Waals surface area contributed by atoms with Gasteiger partial charge in [0.25, 0.3) is 0 Å². The molecule has 1 amide bonds. The first-order chi connectivity index (χ1) is 10.4. The van der Waals surface area contributed by atoms with Gasteiger partial charge in [0, 0.05) is 25.2 Å². The van der Waals surface area contributed by atoms with E-state index in [0.717, 1.165) is 12.8 Å². The lowest BCUT2D eigenvalue weighted by molar-refractivity contribution is -0.119. The van der Waals surface area contributed by atoms with Gasteiger partial charge in [0.05, 0.1) is 4.90 Å². The zero-order valence-corrected chi connectivity index (χ0v) is 14.0. The molecule has 1 aromatic rings. The smallest absolute Gasteiger partial charge is 0.243 e. The van der Waals surface area contributed by atoms with Crippen molar-refractivity contribution in [3.05, 3.63) is 24.3 Å². The molecule has 0 atom stereocenters. The molecule has 1 saturated heterocycles. The molecule has 0 unspecified atom stereocenters. The van der Waals surface area contributed by atoms with Crippen LogP contribution in [0.5, 0.6) is 0 Å². The Hall–Kier alpha value is -1.51. The fraction of sp³-hybridized carbons (Fsp3) is 0.429. The van der Waals surface area contributed by atoms with Crippen LogP contribution in [0.1, 0.15) is 26.2 Å². The van der Waals surface area contributed by atoms with Crippen molar-refractivity contribution in [1.82, 2.24) is 9.62 Å². The first-order valence-electron chi connectivity index (χ1n) is 7.14. The third-order valence-electron chi connectivity index (χ3n) is 3.39. The van der Waals surface area contributed by atoms with Crippen molar-refractivity contribution in [3.63, 3.8) is 0 Å². The minimum atomic E-state index is -3.40. The van der Waals surface area contributed by atoms with Gasteiger partial charge in [0.2, 0.25) is 15.9 Å². The summed E-state index contributed by atoms with van der Waals surface area (Å²) in [5, 5.41) is 5.57. The second kappa shape index (κ2) is 7.17. The van der Waals surface area contributed by atoms with Crippen molar-refractivity contribution < 1.29 is 13.2 Å². The summed E-state index contributed by atoms with van der Waals surface area (Å²) in [6.45, 7) is 2.89. The lowest BCUT2D eigenvalue weighted by Gasteiger charge is -2.16. The van der Waals surface area contributed by atoms with Crippen LogP contribution in [0.25, 0.3) is 0 Å². The normalized spacial score (nSPS) is 15.5. The number of nitrogens with zero attached hydrogens (tertiary/aromatic N) is 1. The van der Waals surface area contributed by atoms with Gasteiger partial charge in [-0.25, -0.2) is 8.42 Å². The Bertz CT molecular complexity index is 650. The van der Waals surface area contributed by atoms with E-state index in [1.807, 2.05) is 0 Å². The van der Waals surface area contributed by atoms with Crippen LogP contribution in [0, 0.1) is 0 Å². The van der Waals surface area contributed by atoms with E-state index in [1.165, 1.54) is 4.31 Å². The Morgan fingerprint density at radius 1 is 1.23 bits per heavy atom. The molecule has 22 heavy (non-hydrogen) atoms. The maximum atomic E-state index is 12.4. The summed E-state index contributed by atoms with van der Waals surface area (Å²) in [5.41, 5.74) is 0.627. The van der Waals surface area contributed by atoms with Gasteiger partial charge in [-0.15, -0.1) is 0 Å². The quantitative estimate of drug-likeness (QED) is 0.815. The number of hydrogen-bond donors (Lipinski definition) is 2. The fourth-order valence-electron chi connectivity index (χ4n) is 2.17. The number of sulfonamides is 1. The predicted molar refractivity (Wildman–Crippen MR) is 89.1 cm³/mol. The number of benzene rings is 1. The molecule has 1 fully saturated rings. The third kappa shape index (κ3) is 4.02. The van der Waals surface area contributed by atoms with Gasteiger partial charge in [-0.1, -0.05) is 6.92 Å². The summed E-state index contributed by atoms with van der Waals surface area (Å²) in [4.78, 5) is 11.5. The molecule has 0 radical (unpaired) electrons. The van der Waals surface area contributed by atoms with Crippen molar-refractivity contribution >= 4 is 38.9 Å². The Morgan fingerprint density at radius 3 is 2.36 bits per heavy atom. The number of rotatable bonds is 4. The highest BCUT2D eigenvalue weighted by molar-refractivity contribution is 7.89. The second-order valence-corrected chi connectivity index (χ2v) is 7.34. The van der Waals surface area contributed by atoms with Crippen LogP contribution in [0.15, 0.2) is 29.2 Å². The molecule has 120 valence electrons. The Kier molecular flexibility index (Phi) is 5.49. The summed E-state index contributed by atoms with van der Waals surface area (Å²) in [5.74, 6) is -0.175. The maximum absolute atomic E-state index is 12.4. The monoisotopic (exact) mass is 341 g/mol. The first-order valence-corrected chi connectivity index (χ1v) is 8.99. The van der Waals surface area contributed by atoms with Gasteiger partial charge < -0.3 is 10.6 Å². The lowest BCUT2D eigenvalue weighted by Crippen LogP contribution is -2.33. The van der Waals surface area contributed by atoms with Crippen LogP contribution in [0.2, 0.25) is 0 Å². The van der Waals surface area contributed by atoms with Crippen molar-refractivity contribution in [2.45, 2.75) is 31.1 Å². The number of hydrogen-bond acceptors (Lipinski definition) is 4. The summed E-state index contributed by atoms with van der Waals surface area (Å²) in [6.07, 6.45) is 2.16. The van der Waals surface area contributed by atoms with Crippen molar-refractivity contribution in [2.75, 3.05) is 18.4 Å². The molecular formula is C14H19N3O3S2. The molecule has 1 heterocycles. The van der Waals surface area contributed by atoms with Gasteiger partial charge in [0.15, 0.2) is 5.11 Å². The Balaban J connectivity index is 2.04. The predicted octanol–water partition coefficient (Wildman–Crippen LogP) is 1.69. The fourth-order valence-corrected chi connectivity index (χ4v) is 3.91. The van der Waals surface area contributed by atoms with E-state index in [1.54, 1.807) is 31.2 Å². The van der Waals surface area contributed by atoms with Gasteiger partial charge in [-0.3, -0.25) is 4.79 Å². The maximum Gasteiger partial charge on any atom is 0.243 e. The molecule has 0 spiro atoms. The van der Waals surface area contributed by atoms with Gasteiger partial charge >= 0.3 is 0 Å². The zero-order chi connectivity index (χ0) is 16.2. The molecule has 0 saturated carbocycles. The molecule has 0 bridgehead atoms. The number of carbonyl (C=O) groups excluding carboxylic acids is 1. The minimum absolute atomic E-state index is 0.175. The van der Waals surface area contributed by atoms with Gasteiger partial charge in [-0.2, -0.15) is 4.31 Å². The number of carbonyl (C=O) groups is 1. The van der Waals surface area contributed by atoms with Crippen LogP contribution in [-0.4, -0.2) is 36.8 Å². The summed E-state index contributed by atoms with van der Waals surface area (Å²) in [7, 11) is -3.40. The number of anilines is 1. The molecule has 1 aliphatic heterocycles. The zero-order valence-electron chi connectivity index (χ0n) is 12.3. The number of amides is 1. The summed E-state index contributed by atoms with van der Waals surface area (Å²) < 4.78 is 26.3. The summed E-state index contributed by atoms with van der Waals surface area (Å²) >= 11 is 5.00. The SMILES string of the molecule is CCC(=O)NC(=S)Nc1ccc(S(=O)(=O)N2CCCC2)cc1. The van der Waals surface area contributed by atoms with Crippen molar-refractivity contribution in [1.29, 1.82) is 0 Å². The van der Waals surface area contributed by atoms with E-state index in [-0.39, 0.29) is 15.9 Å². The van der Waals surface area contributed by atoms with Crippen LogP contribution in [-0.2, 0) is 14.8 Å². The Morgan fingerprint density at radius 2 is 1.82 bits per heavy atom. The number of thiocarbonyl (C=S) groups is 1. The molecule has 2 N–H and O–H groups in total. The van der Waals surface area contributed by atoms with Crippen LogP contribution in [0.4, 0.5) is 5.69 Å². The van der Waals surface area contributed by atoms with Crippen molar-refractivity contribution in [2.24, 2.45) is 0 Å². The first kappa shape index (κ1) is 16.9. The van der Waals surface area contributed by atoms with E-state index in [4.69, 9.17) is 12.2 Å². The van der Waals surface area contributed by atoms with Crippen LogP contribution in [0.3, 0.4) is 0 Å². The van der Waals surface area contributed by atoms with E-state index >= 15 is 0 Å². The molecule has 1 aromatic carbocycles. The topological polar surface area (TPSA) is 78.5 Å². The highest BCUT2D eigenvalue weighted by atomic mass is 32.2. The van der Waals surface area contributed by atoms with E-state index in [9.17, 15) is 13.2 Å². The molecular weight excluding hydrogens is 322 g/mol. The third-order valence-corrected chi connectivity index (χ3v) is 5.51. The molecule has 1 aliphatic rings. The lowest BCUT2D eigenvalue weighted by atomic mass is 10.3. The molecule has 0 aromatic heterocycles. The highest BCUT2D eigenvalue weighted by Gasteiger charge is 2.26. The average molecular weight is 341 g/mol. The molecule has 8 heteroatoms. The van der Waals surface area contributed by atoms with Crippen LogP contribution >= 0.6 is 12.2 Å². The highest BCUT2D eigenvalue weighted by Crippen LogP contribution is 2.22. The van der Waals surface area contributed by atoms with Crippen LogP contribution < -0.4 is 10.6 Å². The average Bonchev–Trinajstić information content (AvgIpc) is 3.02. The van der Waals surface area contributed by atoms with E-state index < -0.39 is 10.0 Å². The largest absolute Gasteiger partial charge is 0.332 e. The Labute approximate surface area is 135 Å². The minimum Gasteiger partial charge on any atom is -0.332 e. The summed E-state index contributed by atoms with van der Waals surface area (Å²) in [6, 6.07) is 6.35. The van der Waals surface area contributed by atoms with Crippen molar-refractivity contribution in [3.8, 4) is 0 Å². The molecule has 2 rings (SSSR count). The second-order valence-electron chi connectivity index (χ2n) is 4.99. The number of nitrogens with one attached hydrogen (secondary N) is 2. The van der Waals surface area contributed by atoms with Gasteiger partial charge in [0.1, 0.15) is 0 Å². The van der Waals surface area contributed by atoms with Gasteiger partial charge in [-0.05, 0) is 49.3 Å². The van der Waals surface area contributed by atoms with E-state index in [2.05, 4.69) is 10.6 Å².